The summed E-state index contributed by atoms with van der Waals surface area (Å²) in [7, 11) is 0. The van der Waals surface area contributed by atoms with E-state index in [1.54, 1.807) is 11.3 Å². The van der Waals surface area contributed by atoms with E-state index in [9.17, 15) is 0 Å². The minimum Gasteiger partial charge on any atom is -0.380 e. The molecule has 0 spiro atoms. The number of thiophene rings is 1. The van der Waals surface area contributed by atoms with Gasteiger partial charge in [-0.15, -0.1) is 16.4 Å². The van der Waals surface area contributed by atoms with Gasteiger partial charge in [-0.1, -0.05) is 12.1 Å². The number of benzene rings is 1. The normalized spacial score (nSPS) is 11.1. The summed E-state index contributed by atoms with van der Waals surface area (Å²) in [5.41, 5.74) is 10.9. The second kappa shape index (κ2) is 5.61. The molecule has 1 aromatic carbocycles. The van der Waals surface area contributed by atoms with Gasteiger partial charge in [0.15, 0.2) is 5.82 Å². The van der Waals surface area contributed by atoms with Gasteiger partial charge in [0.1, 0.15) is 5.69 Å². The van der Waals surface area contributed by atoms with Gasteiger partial charge >= 0.3 is 0 Å². The minimum atomic E-state index is 0.420. The fraction of sp³-hybridized carbons (Fsp3) is 0.118. The van der Waals surface area contributed by atoms with E-state index in [1.807, 2.05) is 17.7 Å². The van der Waals surface area contributed by atoms with Crippen LogP contribution in [0.1, 0.15) is 11.4 Å². The molecule has 0 aliphatic heterocycles. The lowest BCUT2D eigenvalue weighted by atomic mass is 10.1. The quantitative estimate of drug-likeness (QED) is 0.599. The van der Waals surface area contributed by atoms with E-state index in [2.05, 4.69) is 63.8 Å². The van der Waals surface area contributed by atoms with E-state index in [4.69, 9.17) is 5.73 Å². The third kappa shape index (κ3) is 2.48. The predicted molar refractivity (Wildman–Crippen MR) is 96.1 cm³/mol. The molecule has 24 heavy (non-hydrogen) atoms. The van der Waals surface area contributed by atoms with Crippen molar-refractivity contribution in [2.45, 2.75) is 13.8 Å². The van der Waals surface area contributed by atoms with Crippen LogP contribution in [-0.2, 0) is 0 Å². The molecule has 0 fully saturated rings. The van der Waals surface area contributed by atoms with E-state index in [0.29, 0.717) is 11.5 Å². The van der Waals surface area contributed by atoms with Crippen LogP contribution < -0.4 is 5.73 Å². The third-order valence-corrected chi connectivity index (χ3v) is 4.96. The number of aryl methyl sites for hydroxylation is 2. The van der Waals surface area contributed by atoms with Crippen LogP contribution in [0, 0.1) is 13.8 Å². The zero-order valence-electron chi connectivity index (χ0n) is 13.3. The second-order valence-corrected chi connectivity index (χ2v) is 6.69. The molecule has 3 N–H and O–H groups in total. The lowest BCUT2D eigenvalue weighted by molar-refractivity contribution is 0.834. The zero-order valence-corrected chi connectivity index (χ0v) is 14.1. The van der Waals surface area contributed by atoms with Crippen molar-refractivity contribution in [3.63, 3.8) is 0 Å². The molecule has 0 unspecified atom stereocenters. The van der Waals surface area contributed by atoms with Gasteiger partial charge in [0.2, 0.25) is 0 Å². The maximum Gasteiger partial charge on any atom is 0.174 e. The maximum absolute atomic E-state index is 5.81. The van der Waals surface area contributed by atoms with Gasteiger partial charge in [-0.25, -0.2) is 4.68 Å². The minimum absolute atomic E-state index is 0.420. The first-order chi connectivity index (χ1) is 11.6. The second-order valence-electron chi connectivity index (χ2n) is 5.61. The molecule has 3 aromatic heterocycles. The van der Waals surface area contributed by atoms with Crippen molar-refractivity contribution in [2.75, 3.05) is 5.73 Å². The third-order valence-electron chi connectivity index (χ3n) is 3.82. The highest BCUT2D eigenvalue weighted by Gasteiger charge is 2.11. The molecule has 0 saturated carbocycles. The number of nitrogens with one attached hydrogen (secondary N) is 1. The number of aromatic nitrogens is 5. The molecule has 0 amide bonds. The van der Waals surface area contributed by atoms with Gasteiger partial charge in [-0.3, -0.25) is 0 Å². The highest BCUT2D eigenvalue weighted by Crippen LogP contribution is 2.35. The Morgan fingerprint density at radius 3 is 2.38 bits per heavy atom. The molecule has 0 radical (unpaired) electrons. The molecule has 0 bridgehead atoms. The summed E-state index contributed by atoms with van der Waals surface area (Å²) in [6.07, 6.45) is 0. The molecule has 0 aliphatic carbocycles. The van der Waals surface area contributed by atoms with Crippen LogP contribution in [0.15, 0.2) is 42.5 Å². The van der Waals surface area contributed by atoms with Crippen molar-refractivity contribution in [3.05, 3.63) is 53.9 Å². The molecule has 4 aromatic rings. The zero-order chi connectivity index (χ0) is 16.7. The Hall–Kier alpha value is -2.93. The predicted octanol–water partition coefficient (Wildman–Crippen LogP) is 3.58. The summed E-state index contributed by atoms with van der Waals surface area (Å²) < 4.78 is 1.95. The SMILES string of the molecule is Cc1cc(C)n(-c2ccc(-c3ccc(-c4n[nH]nc4N)s3)cc2)n1. The fourth-order valence-electron chi connectivity index (χ4n) is 2.70. The summed E-state index contributed by atoms with van der Waals surface area (Å²) in [4.78, 5) is 2.16. The van der Waals surface area contributed by atoms with Crippen molar-refractivity contribution >= 4 is 17.2 Å². The molecular formula is C17H16N6S. The Morgan fingerprint density at radius 2 is 1.75 bits per heavy atom. The van der Waals surface area contributed by atoms with Crippen molar-refractivity contribution in [2.24, 2.45) is 0 Å². The number of H-pyrrole nitrogens is 1. The molecule has 6 nitrogen and oxygen atoms in total. The van der Waals surface area contributed by atoms with Crippen LogP contribution in [0.2, 0.25) is 0 Å². The van der Waals surface area contributed by atoms with Crippen LogP contribution in [0.25, 0.3) is 26.7 Å². The van der Waals surface area contributed by atoms with Gasteiger partial charge in [-0.05, 0) is 49.7 Å². The fourth-order valence-corrected chi connectivity index (χ4v) is 3.71. The van der Waals surface area contributed by atoms with Crippen molar-refractivity contribution in [1.82, 2.24) is 25.2 Å². The highest BCUT2D eigenvalue weighted by molar-refractivity contribution is 7.18. The maximum atomic E-state index is 5.81. The largest absolute Gasteiger partial charge is 0.380 e. The highest BCUT2D eigenvalue weighted by atomic mass is 32.1. The molecule has 0 atom stereocenters. The molecule has 3 heterocycles. The Bertz CT molecular complexity index is 992. The van der Waals surface area contributed by atoms with E-state index < -0.39 is 0 Å². The van der Waals surface area contributed by atoms with Crippen LogP contribution in [-0.4, -0.2) is 25.2 Å². The first-order valence-corrected chi connectivity index (χ1v) is 8.34. The standard InChI is InChI=1S/C17H16N6S/c1-10-9-11(2)23(21-10)13-5-3-12(4-6-13)14-7-8-15(24-14)16-17(18)20-22-19-16/h3-9H,1-2H3,(H3,18,19,20,22). The van der Waals surface area contributed by atoms with Crippen LogP contribution in [0.5, 0.6) is 0 Å². The number of rotatable bonds is 3. The average Bonchev–Trinajstić information content (AvgIpc) is 3.27. The number of hydrogen-bond donors (Lipinski definition) is 2. The Kier molecular flexibility index (Phi) is 3.42. The molecular weight excluding hydrogens is 320 g/mol. The van der Waals surface area contributed by atoms with Gasteiger partial charge in [0.05, 0.1) is 16.3 Å². The topological polar surface area (TPSA) is 85.4 Å². The number of anilines is 1. The van der Waals surface area contributed by atoms with Crippen molar-refractivity contribution < 1.29 is 0 Å². The number of aromatic amines is 1. The summed E-state index contributed by atoms with van der Waals surface area (Å²) in [6.45, 7) is 4.06. The lowest BCUT2D eigenvalue weighted by Gasteiger charge is -2.05. The van der Waals surface area contributed by atoms with Crippen LogP contribution >= 0.6 is 11.3 Å². The van der Waals surface area contributed by atoms with Crippen molar-refractivity contribution in [3.8, 4) is 26.7 Å². The number of nitrogens with zero attached hydrogens (tertiary/aromatic N) is 4. The van der Waals surface area contributed by atoms with Crippen molar-refractivity contribution in [1.29, 1.82) is 0 Å². The first-order valence-electron chi connectivity index (χ1n) is 7.52. The molecule has 7 heteroatoms. The number of nitrogen functional groups attached to an aromatic ring is 1. The summed E-state index contributed by atoms with van der Waals surface area (Å²) >= 11 is 1.64. The van der Waals surface area contributed by atoms with Gasteiger partial charge < -0.3 is 5.73 Å². The van der Waals surface area contributed by atoms with Crippen LogP contribution in [0.3, 0.4) is 0 Å². The molecule has 0 aliphatic rings. The number of hydrogen-bond acceptors (Lipinski definition) is 5. The molecule has 120 valence electrons. The van der Waals surface area contributed by atoms with E-state index in [1.165, 1.54) is 0 Å². The van der Waals surface area contributed by atoms with Gasteiger partial charge in [0, 0.05) is 10.6 Å². The van der Waals surface area contributed by atoms with Crippen LogP contribution in [0.4, 0.5) is 5.82 Å². The molecule has 4 rings (SSSR count). The molecule has 0 saturated heterocycles. The lowest BCUT2D eigenvalue weighted by Crippen LogP contribution is -1.98. The Balaban J connectivity index is 1.65. The first kappa shape index (κ1) is 14.6. The Morgan fingerprint density at radius 1 is 1.00 bits per heavy atom. The van der Waals surface area contributed by atoms with E-state index >= 15 is 0 Å². The summed E-state index contributed by atoms with van der Waals surface area (Å²) in [5, 5.41) is 15.0. The van der Waals surface area contributed by atoms with E-state index in [-0.39, 0.29) is 0 Å². The smallest absolute Gasteiger partial charge is 0.174 e. The van der Waals surface area contributed by atoms with Gasteiger partial charge in [0.25, 0.3) is 0 Å². The summed E-state index contributed by atoms with van der Waals surface area (Å²) in [6, 6.07) is 14.5. The Labute approximate surface area is 143 Å². The number of nitrogens with two attached hydrogens (primary N) is 1. The monoisotopic (exact) mass is 336 g/mol. The average molecular weight is 336 g/mol. The summed E-state index contributed by atoms with van der Waals surface area (Å²) in [5.74, 6) is 0.420. The van der Waals surface area contributed by atoms with E-state index in [0.717, 1.165) is 32.4 Å². The van der Waals surface area contributed by atoms with Gasteiger partial charge in [-0.2, -0.15) is 15.4 Å².